The van der Waals surface area contributed by atoms with Gasteiger partial charge in [0.15, 0.2) is 0 Å². The molecule has 3 aromatic carbocycles. The second kappa shape index (κ2) is 8.72. The van der Waals surface area contributed by atoms with Gasteiger partial charge in [-0.1, -0.05) is 30.3 Å². The topological polar surface area (TPSA) is 90.5 Å². The number of carbonyl (C=O) groups excluding carboxylic acids is 1. The first kappa shape index (κ1) is 22.3. The molecule has 0 aliphatic carbocycles. The van der Waals surface area contributed by atoms with E-state index in [0.717, 1.165) is 26.9 Å². The first-order chi connectivity index (χ1) is 16.8. The Morgan fingerprint density at radius 1 is 0.971 bits per heavy atom. The van der Waals surface area contributed by atoms with Crippen molar-refractivity contribution in [2.45, 2.75) is 34.2 Å². The van der Waals surface area contributed by atoms with Crippen molar-refractivity contribution in [1.29, 1.82) is 0 Å². The van der Waals surface area contributed by atoms with E-state index in [9.17, 15) is 9.59 Å². The van der Waals surface area contributed by atoms with E-state index in [1.54, 1.807) is 12.1 Å². The van der Waals surface area contributed by atoms with Crippen LogP contribution in [-0.4, -0.2) is 25.1 Å². The number of ether oxygens (including phenoxy) is 1. The number of rotatable bonds is 5. The fraction of sp³-hybridized carbons (Fsp3) is 0.185. The molecule has 1 N–H and O–H groups in total. The summed E-state index contributed by atoms with van der Waals surface area (Å²) < 4.78 is 8.73. The van der Waals surface area contributed by atoms with Crippen LogP contribution in [0.5, 0.6) is 11.6 Å². The molecule has 0 radical (unpaired) electrons. The molecule has 8 heteroatoms. The zero-order chi connectivity index (χ0) is 24.7. The van der Waals surface area contributed by atoms with Gasteiger partial charge in [-0.05, 0) is 80.3 Å². The van der Waals surface area contributed by atoms with Gasteiger partial charge in [-0.25, -0.2) is 18.9 Å². The fourth-order valence-electron chi connectivity index (χ4n) is 4.16. The summed E-state index contributed by atoms with van der Waals surface area (Å²) in [6.45, 7) is 7.64. The predicted octanol–water partition coefficient (Wildman–Crippen LogP) is 4.71. The molecule has 0 atom stereocenters. The summed E-state index contributed by atoms with van der Waals surface area (Å²) in [6, 6.07) is 18.8. The van der Waals surface area contributed by atoms with Crippen LogP contribution in [0.15, 0.2) is 65.5 Å². The van der Waals surface area contributed by atoms with Gasteiger partial charge in [0, 0.05) is 5.69 Å². The number of para-hydroxylation sites is 2. The van der Waals surface area contributed by atoms with Gasteiger partial charge in [0.2, 0.25) is 11.6 Å². The molecule has 0 bridgehead atoms. The van der Waals surface area contributed by atoms with Gasteiger partial charge in [-0.2, -0.15) is 0 Å². The average molecular weight is 468 g/mol. The smallest absolute Gasteiger partial charge is 0.351 e. The highest BCUT2D eigenvalue weighted by Gasteiger charge is 2.20. The highest BCUT2D eigenvalue weighted by molar-refractivity contribution is 5.90. The maximum atomic E-state index is 13.4. The number of hydrogen-bond acceptors (Lipinski definition) is 5. The molecule has 0 unspecified atom stereocenters. The van der Waals surface area contributed by atoms with Crippen LogP contribution in [0.1, 0.15) is 22.3 Å². The van der Waals surface area contributed by atoms with Crippen molar-refractivity contribution in [3.8, 4) is 11.6 Å². The molecule has 5 aromatic rings. The zero-order valence-corrected chi connectivity index (χ0v) is 20.0. The van der Waals surface area contributed by atoms with E-state index in [4.69, 9.17) is 4.74 Å². The van der Waals surface area contributed by atoms with Crippen molar-refractivity contribution in [2.24, 2.45) is 0 Å². The number of carbonyl (C=O) groups is 1. The third-order valence-corrected chi connectivity index (χ3v) is 5.94. The monoisotopic (exact) mass is 467 g/mol. The first-order valence-corrected chi connectivity index (χ1v) is 11.3. The van der Waals surface area contributed by atoms with Gasteiger partial charge in [-0.3, -0.25) is 4.79 Å². The Morgan fingerprint density at radius 2 is 1.71 bits per heavy atom. The van der Waals surface area contributed by atoms with E-state index in [2.05, 4.69) is 15.4 Å². The molecule has 5 rings (SSSR count). The molecular formula is C27H25N5O3. The van der Waals surface area contributed by atoms with Crippen molar-refractivity contribution in [1.82, 2.24) is 19.2 Å². The Kier molecular flexibility index (Phi) is 5.56. The van der Waals surface area contributed by atoms with Crippen LogP contribution < -0.4 is 15.7 Å². The van der Waals surface area contributed by atoms with Crippen LogP contribution >= 0.6 is 0 Å². The van der Waals surface area contributed by atoms with E-state index in [1.165, 1.54) is 4.40 Å². The first-order valence-electron chi connectivity index (χ1n) is 11.3. The molecule has 0 fully saturated rings. The number of amides is 1. The van der Waals surface area contributed by atoms with Crippen LogP contribution in [0.4, 0.5) is 5.69 Å². The minimum absolute atomic E-state index is 0.197. The molecule has 0 aliphatic rings. The summed E-state index contributed by atoms with van der Waals surface area (Å²) in [4.78, 5) is 30.8. The number of hydrogen-bond donors (Lipinski definition) is 1. The number of nitrogens with one attached hydrogen (secondary N) is 1. The van der Waals surface area contributed by atoms with Crippen LogP contribution in [0.2, 0.25) is 0 Å². The number of fused-ring (bicyclic) bond motifs is 3. The van der Waals surface area contributed by atoms with Gasteiger partial charge < -0.3 is 10.1 Å². The van der Waals surface area contributed by atoms with Crippen molar-refractivity contribution in [3.05, 3.63) is 93.4 Å². The van der Waals surface area contributed by atoms with E-state index >= 15 is 0 Å². The lowest BCUT2D eigenvalue weighted by Gasteiger charge is -2.11. The van der Waals surface area contributed by atoms with Gasteiger partial charge in [0.1, 0.15) is 12.3 Å². The zero-order valence-electron chi connectivity index (χ0n) is 20.0. The van der Waals surface area contributed by atoms with Gasteiger partial charge in [0.25, 0.3) is 5.88 Å². The maximum Gasteiger partial charge on any atom is 0.351 e. The maximum absolute atomic E-state index is 13.4. The van der Waals surface area contributed by atoms with Crippen LogP contribution in [-0.2, 0) is 11.3 Å². The molecule has 0 spiro atoms. The number of aryl methyl sites for hydroxylation is 3. The Bertz CT molecular complexity index is 1650. The summed E-state index contributed by atoms with van der Waals surface area (Å²) in [5, 5.41) is 7.30. The normalized spacial score (nSPS) is 11.2. The van der Waals surface area contributed by atoms with Crippen molar-refractivity contribution < 1.29 is 9.53 Å². The minimum Gasteiger partial charge on any atom is -0.436 e. The lowest BCUT2D eigenvalue weighted by molar-refractivity contribution is -0.117. The number of benzene rings is 3. The molecule has 1 amide bonds. The molecule has 0 aliphatic heterocycles. The lowest BCUT2D eigenvalue weighted by atomic mass is 10.1. The molecule has 0 saturated heterocycles. The number of aromatic nitrogens is 4. The second-order valence-corrected chi connectivity index (χ2v) is 8.73. The van der Waals surface area contributed by atoms with E-state index in [0.29, 0.717) is 22.5 Å². The van der Waals surface area contributed by atoms with Crippen molar-refractivity contribution in [3.63, 3.8) is 0 Å². The van der Waals surface area contributed by atoms with Gasteiger partial charge in [-0.15, -0.1) is 5.10 Å². The Morgan fingerprint density at radius 3 is 2.49 bits per heavy atom. The van der Waals surface area contributed by atoms with E-state index in [1.807, 2.05) is 76.2 Å². The molecule has 2 aromatic heterocycles. The van der Waals surface area contributed by atoms with Crippen LogP contribution in [0.3, 0.4) is 0 Å². The fourth-order valence-corrected chi connectivity index (χ4v) is 4.16. The summed E-state index contributed by atoms with van der Waals surface area (Å²) in [7, 11) is 0. The average Bonchev–Trinajstić information content (AvgIpc) is 3.12. The summed E-state index contributed by atoms with van der Waals surface area (Å²) in [5.41, 5.74) is 5.76. The highest BCUT2D eigenvalue weighted by Crippen LogP contribution is 2.29. The lowest BCUT2D eigenvalue weighted by Crippen LogP contribution is -2.28. The Balaban J connectivity index is 1.57. The summed E-state index contributed by atoms with van der Waals surface area (Å²) in [6.07, 6.45) is 0. The number of nitrogens with zero attached hydrogens (tertiary/aromatic N) is 4. The van der Waals surface area contributed by atoms with Gasteiger partial charge in [0.05, 0.1) is 11.0 Å². The summed E-state index contributed by atoms with van der Waals surface area (Å²) >= 11 is 0. The number of anilines is 1. The predicted molar refractivity (Wildman–Crippen MR) is 135 cm³/mol. The second-order valence-electron chi connectivity index (χ2n) is 8.73. The molecule has 2 heterocycles. The molecule has 35 heavy (non-hydrogen) atoms. The standard InChI is InChI=1S/C27H25N5O3/c1-16-12-17(2)14-20(13-16)28-24(33)15-31-27(34)32-22-10-6-5-9-21(22)29-26(25(32)30-31)35-23-11-7-8-18(3)19(23)4/h5-14H,15H2,1-4H3,(H,28,33). The third-order valence-electron chi connectivity index (χ3n) is 5.94. The van der Waals surface area contributed by atoms with Gasteiger partial charge >= 0.3 is 5.69 Å². The molecule has 8 nitrogen and oxygen atoms in total. The largest absolute Gasteiger partial charge is 0.436 e. The summed E-state index contributed by atoms with van der Waals surface area (Å²) in [5.74, 6) is 0.474. The quantitative estimate of drug-likeness (QED) is 0.404. The van der Waals surface area contributed by atoms with E-state index < -0.39 is 5.69 Å². The Hall–Kier alpha value is -4.46. The van der Waals surface area contributed by atoms with Crippen molar-refractivity contribution in [2.75, 3.05) is 5.32 Å². The molecule has 0 saturated carbocycles. The van der Waals surface area contributed by atoms with Crippen LogP contribution in [0.25, 0.3) is 16.7 Å². The van der Waals surface area contributed by atoms with Crippen molar-refractivity contribution >= 4 is 28.3 Å². The van der Waals surface area contributed by atoms with Crippen LogP contribution in [0, 0.1) is 27.7 Å². The highest BCUT2D eigenvalue weighted by atomic mass is 16.5. The Labute approximate surface area is 201 Å². The third kappa shape index (κ3) is 4.26. The van der Waals surface area contributed by atoms with E-state index in [-0.39, 0.29) is 24.0 Å². The molecular weight excluding hydrogens is 442 g/mol. The SMILES string of the molecule is Cc1cc(C)cc(NC(=O)Cn2nc3c(Oc4cccc(C)c4C)nc4ccccc4n3c2=O)c1. The molecule has 176 valence electrons. The minimum atomic E-state index is -0.444.